The van der Waals surface area contributed by atoms with Crippen molar-refractivity contribution in [2.45, 2.75) is 31.8 Å². The molecule has 1 saturated heterocycles. The van der Waals surface area contributed by atoms with Crippen molar-refractivity contribution in [3.8, 4) is 11.5 Å². The fraction of sp³-hybridized carbons (Fsp3) is 0.533. The Morgan fingerprint density at radius 2 is 1.95 bits per heavy atom. The van der Waals surface area contributed by atoms with Gasteiger partial charge in [0.1, 0.15) is 5.82 Å². The maximum atomic E-state index is 5.70. The van der Waals surface area contributed by atoms with Crippen molar-refractivity contribution >= 4 is 11.0 Å². The summed E-state index contributed by atoms with van der Waals surface area (Å²) in [6, 6.07) is 3.95. The van der Waals surface area contributed by atoms with Gasteiger partial charge in [-0.3, -0.25) is 0 Å². The quantitative estimate of drug-likeness (QED) is 0.914. The zero-order valence-corrected chi connectivity index (χ0v) is 11.4. The number of H-pyrrole nitrogens is 1. The van der Waals surface area contributed by atoms with Gasteiger partial charge >= 0.3 is 0 Å². The van der Waals surface area contributed by atoms with Gasteiger partial charge in [-0.15, -0.1) is 0 Å². The zero-order valence-electron chi connectivity index (χ0n) is 11.4. The lowest BCUT2D eigenvalue weighted by atomic mass is 10.2. The van der Waals surface area contributed by atoms with Gasteiger partial charge in [-0.2, -0.15) is 0 Å². The summed E-state index contributed by atoms with van der Waals surface area (Å²) in [5, 5.41) is 0. The minimum absolute atomic E-state index is 0.306. The van der Waals surface area contributed by atoms with Crippen LogP contribution in [0.1, 0.15) is 25.1 Å². The number of aromatic nitrogens is 2. The fourth-order valence-electron chi connectivity index (χ4n) is 2.84. The van der Waals surface area contributed by atoms with Crippen LogP contribution in [-0.4, -0.2) is 35.9 Å². The maximum absolute atomic E-state index is 5.70. The van der Waals surface area contributed by atoms with Crippen LogP contribution in [0.3, 0.4) is 0 Å². The summed E-state index contributed by atoms with van der Waals surface area (Å²) in [6.45, 7) is 2.28. The molecule has 1 fully saturated rings. The average molecular weight is 274 g/mol. The zero-order chi connectivity index (χ0) is 13.4. The Morgan fingerprint density at radius 3 is 2.75 bits per heavy atom. The Labute approximate surface area is 117 Å². The van der Waals surface area contributed by atoms with Crippen molar-refractivity contribution < 1.29 is 14.2 Å². The highest BCUT2D eigenvalue weighted by atomic mass is 16.5. The van der Waals surface area contributed by atoms with E-state index in [2.05, 4.69) is 9.97 Å². The molecule has 1 aromatic heterocycles. The molecule has 5 heteroatoms. The smallest absolute Gasteiger partial charge is 0.163 e. The van der Waals surface area contributed by atoms with E-state index < -0.39 is 0 Å². The number of hydrogen-bond acceptors (Lipinski definition) is 4. The molecule has 3 heterocycles. The largest absolute Gasteiger partial charge is 0.489 e. The standard InChI is InChI=1S/C15H18N2O3/c1-3-10(18-4-1)7-15-16-11-8-13-14(9-12(11)17-15)20-6-2-5-19-13/h8-10H,1-7H2,(H,16,17). The van der Waals surface area contributed by atoms with Gasteiger partial charge in [-0.05, 0) is 12.8 Å². The molecular formula is C15H18N2O3. The molecule has 20 heavy (non-hydrogen) atoms. The minimum atomic E-state index is 0.306. The average Bonchev–Trinajstić information content (AvgIpc) is 3.01. The van der Waals surface area contributed by atoms with Crippen molar-refractivity contribution in [3.63, 3.8) is 0 Å². The second kappa shape index (κ2) is 4.98. The molecule has 0 aliphatic carbocycles. The molecule has 2 aliphatic heterocycles. The molecule has 0 amide bonds. The molecule has 4 rings (SSSR count). The molecule has 1 atom stereocenters. The van der Waals surface area contributed by atoms with Crippen LogP contribution < -0.4 is 9.47 Å². The molecule has 0 bridgehead atoms. The minimum Gasteiger partial charge on any atom is -0.489 e. The highest BCUT2D eigenvalue weighted by molar-refractivity contribution is 5.79. The molecule has 1 unspecified atom stereocenters. The molecule has 2 aromatic rings. The van der Waals surface area contributed by atoms with Crippen LogP contribution in [0.5, 0.6) is 11.5 Å². The molecule has 5 nitrogen and oxygen atoms in total. The van der Waals surface area contributed by atoms with Gasteiger partial charge in [-0.1, -0.05) is 0 Å². The van der Waals surface area contributed by atoms with E-state index in [9.17, 15) is 0 Å². The summed E-state index contributed by atoms with van der Waals surface area (Å²) in [5.41, 5.74) is 1.93. The number of nitrogens with zero attached hydrogens (tertiary/aromatic N) is 1. The second-order valence-electron chi connectivity index (χ2n) is 5.39. The summed E-state index contributed by atoms with van der Waals surface area (Å²) in [7, 11) is 0. The lowest BCUT2D eigenvalue weighted by molar-refractivity contribution is 0.110. The summed E-state index contributed by atoms with van der Waals surface area (Å²) >= 11 is 0. The molecule has 0 spiro atoms. The lowest BCUT2D eigenvalue weighted by Gasteiger charge is -2.05. The van der Waals surface area contributed by atoms with Crippen molar-refractivity contribution in [1.82, 2.24) is 9.97 Å². The first-order chi connectivity index (χ1) is 9.88. The predicted molar refractivity (Wildman–Crippen MR) is 74.4 cm³/mol. The van der Waals surface area contributed by atoms with E-state index in [1.54, 1.807) is 0 Å². The predicted octanol–water partition coefficient (Wildman–Crippen LogP) is 2.45. The number of ether oxygens (including phenoxy) is 3. The number of aromatic amines is 1. The van der Waals surface area contributed by atoms with Crippen LogP contribution in [-0.2, 0) is 11.2 Å². The molecule has 1 aromatic carbocycles. The molecule has 2 aliphatic rings. The van der Waals surface area contributed by atoms with E-state index >= 15 is 0 Å². The third-order valence-corrected chi connectivity index (χ3v) is 3.85. The third-order valence-electron chi connectivity index (χ3n) is 3.85. The normalized spacial score (nSPS) is 22.1. The topological polar surface area (TPSA) is 56.4 Å². The Balaban J connectivity index is 1.65. The Kier molecular flexibility index (Phi) is 2.99. The number of imidazole rings is 1. The Hall–Kier alpha value is -1.75. The summed E-state index contributed by atoms with van der Waals surface area (Å²) in [4.78, 5) is 8.01. The van der Waals surface area contributed by atoms with E-state index in [-0.39, 0.29) is 0 Å². The molecular weight excluding hydrogens is 256 g/mol. The SMILES string of the molecule is c1c2c(cc3[nH]c(CC4CCCO4)nc13)OCCCO2. The van der Waals surface area contributed by atoms with Gasteiger partial charge < -0.3 is 19.2 Å². The molecule has 0 radical (unpaired) electrons. The van der Waals surface area contributed by atoms with Gasteiger partial charge in [0.25, 0.3) is 0 Å². The summed E-state index contributed by atoms with van der Waals surface area (Å²) in [6.07, 6.45) is 4.35. The van der Waals surface area contributed by atoms with Crippen LogP contribution in [0.2, 0.25) is 0 Å². The van der Waals surface area contributed by atoms with Gasteiger partial charge in [0.05, 0.1) is 30.4 Å². The van der Waals surface area contributed by atoms with E-state index in [4.69, 9.17) is 14.2 Å². The van der Waals surface area contributed by atoms with Crippen molar-refractivity contribution in [2.75, 3.05) is 19.8 Å². The molecule has 1 N–H and O–H groups in total. The molecule has 106 valence electrons. The summed E-state index contributed by atoms with van der Waals surface area (Å²) in [5.74, 6) is 2.58. The van der Waals surface area contributed by atoms with E-state index in [1.165, 1.54) is 0 Å². The fourth-order valence-corrected chi connectivity index (χ4v) is 2.84. The monoisotopic (exact) mass is 274 g/mol. The molecule has 0 saturated carbocycles. The van der Waals surface area contributed by atoms with Gasteiger partial charge in [0.15, 0.2) is 11.5 Å². The Bertz CT molecular complexity index is 574. The van der Waals surface area contributed by atoms with Crippen LogP contribution in [0, 0.1) is 0 Å². The van der Waals surface area contributed by atoms with Gasteiger partial charge in [-0.25, -0.2) is 4.98 Å². The van der Waals surface area contributed by atoms with Crippen LogP contribution >= 0.6 is 0 Å². The first-order valence-corrected chi connectivity index (χ1v) is 7.28. The number of benzene rings is 1. The third kappa shape index (κ3) is 2.22. The van der Waals surface area contributed by atoms with Crippen LogP contribution in [0.25, 0.3) is 11.0 Å². The highest BCUT2D eigenvalue weighted by Gasteiger charge is 2.19. The van der Waals surface area contributed by atoms with E-state index in [0.29, 0.717) is 19.3 Å². The highest BCUT2D eigenvalue weighted by Crippen LogP contribution is 2.33. The first-order valence-electron chi connectivity index (χ1n) is 7.28. The number of nitrogens with one attached hydrogen (secondary N) is 1. The lowest BCUT2D eigenvalue weighted by Crippen LogP contribution is -2.09. The van der Waals surface area contributed by atoms with Crippen LogP contribution in [0.15, 0.2) is 12.1 Å². The number of hydrogen-bond donors (Lipinski definition) is 1. The Morgan fingerprint density at radius 1 is 1.10 bits per heavy atom. The first kappa shape index (κ1) is 12.0. The summed E-state index contributed by atoms with van der Waals surface area (Å²) < 4.78 is 17.1. The maximum Gasteiger partial charge on any atom is 0.163 e. The van der Waals surface area contributed by atoms with E-state index in [0.717, 1.165) is 60.6 Å². The van der Waals surface area contributed by atoms with E-state index in [1.807, 2.05) is 12.1 Å². The van der Waals surface area contributed by atoms with Crippen molar-refractivity contribution in [2.24, 2.45) is 0 Å². The van der Waals surface area contributed by atoms with Crippen LogP contribution in [0.4, 0.5) is 0 Å². The van der Waals surface area contributed by atoms with Crippen molar-refractivity contribution in [3.05, 3.63) is 18.0 Å². The van der Waals surface area contributed by atoms with Crippen molar-refractivity contribution in [1.29, 1.82) is 0 Å². The van der Waals surface area contributed by atoms with Gasteiger partial charge in [0.2, 0.25) is 0 Å². The number of rotatable bonds is 2. The number of fused-ring (bicyclic) bond motifs is 2. The van der Waals surface area contributed by atoms with Gasteiger partial charge in [0, 0.05) is 31.6 Å². The second-order valence-corrected chi connectivity index (χ2v) is 5.39.